The van der Waals surface area contributed by atoms with Crippen LogP contribution in [0.5, 0.6) is 5.75 Å². The number of nitrogens with one attached hydrogen (secondary N) is 1. The lowest BCUT2D eigenvalue weighted by Gasteiger charge is -2.19. The number of carbonyl (C=O) groups excluding carboxylic acids is 1. The molecule has 0 heterocycles. The van der Waals surface area contributed by atoms with E-state index in [2.05, 4.69) is 5.32 Å². The van der Waals surface area contributed by atoms with E-state index in [9.17, 15) is 9.59 Å². The van der Waals surface area contributed by atoms with Crippen LogP contribution < -0.4 is 10.1 Å². The fourth-order valence-electron chi connectivity index (χ4n) is 1.80. The van der Waals surface area contributed by atoms with Crippen molar-refractivity contribution in [1.82, 2.24) is 5.32 Å². The van der Waals surface area contributed by atoms with Crippen LogP contribution in [-0.2, 0) is 9.59 Å². The molecule has 0 aromatic heterocycles. The molecule has 0 saturated carbocycles. The van der Waals surface area contributed by atoms with Crippen LogP contribution in [0.2, 0.25) is 0 Å². The molecule has 1 aromatic rings. The van der Waals surface area contributed by atoms with Crippen LogP contribution in [0.3, 0.4) is 0 Å². The lowest BCUT2D eigenvalue weighted by atomic mass is 9.99. The van der Waals surface area contributed by atoms with E-state index in [1.165, 1.54) is 6.08 Å². The molecular weight excluding hydrogens is 270 g/mol. The maximum Gasteiger partial charge on any atom is 0.326 e. The number of methoxy groups -OCH3 is 1. The molecule has 2 atom stereocenters. The molecule has 1 amide bonds. The van der Waals surface area contributed by atoms with Gasteiger partial charge in [-0.2, -0.15) is 0 Å². The van der Waals surface area contributed by atoms with E-state index in [-0.39, 0.29) is 5.92 Å². The number of carboxylic acid groups (broad SMARTS) is 1. The minimum atomic E-state index is -1.02. The van der Waals surface area contributed by atoms with Gasteiger partial charge in [-0.1, -0.05) is 32.4 Å². The highest BCUT2D eigenvalue weighted by Gasteiger charge is 2.24. The number of benzene rings is 1. The predicted octanol–water partition coefficient (Wildman–Crippen LogP) is 2.32. The number of amides is 1. The first-order valence-corrected chi connectivity index (χ1v) is 6.83. The normalized spacial score (nSPS) is 13.7. The van der Waals surface area contributed by atoms with Crippen LogP contribution in [0.15, 0.2) is 30.3 Å². The minimum absolute atomic E-state index is 0.128. The van der Waals surface area contributed by atoms with Crippen LogP contribution in [-0.4, -0.2) is 30.1 Å². The van der Waals surface area contributed by atoms with Crippen molar-refractivity contribution in [1.29, 1.82) is 0 Å². The van der Waals surface area contributed by atoms with Gasteiger partial charge in [0.25, 0.3) is 0 Å². The summed E-state index contributed by atoms with van der Waals surface area (Å²) in [4.78, 5) is 23.0. The topological polar surface area (TPSA) is 75.6 Å². The first-order valence-electron chi connectivity index (χ1n) is 6.83. The molecule has 0 radical (unpaired) electrons. The first-order chi connectivity index (χ1) is 9.97. The van der Waals surface area contributed by atoms with E-state index in [0.717, 1.165) is 5.56 Å². The molecule has 1 unspecified atom stereocenters. The van der Waals surface area contributed by atoms with E-state index in [4.69, 9.17) is 9.84 Å². The third-order valence-corrected chi connectivity index (χ3v) is 3.30. The molecule has 5 nitrogen and oxygen atoms in total. The van der Waals surface area contributed by atoms with Gasteiger partial charge >= 0.3 is 5.97 Å². The van der Waals surface area contributed by atoms with Gasteiger partial charge in [-0.15, -0.1) is 0 Å². The monoisotopic (exact) mass is 291 g/mol. The molecule has 0 aliphatic heterocycles. The standard InChI is InChI=1S/C16H21NO4/c1-4-11(2)15(16(19)20)17-14(18)9-8-12-6-5-7-13(10-12)21-3/h5-11,15H,4H2,1-3H3,(H,17,18)(H,19,20)/t11?,15-/m0/s1. The summed E-state index contributed by atoms with van der Waals surface area (Å²) in [6, 6.07) is 6.36. The number of hydrogen-bond acceptors (Lipinski definition) is 3. The number of rotatable bonds is 7. The Kier molecular flexibility index (Phi) is 6.46. The quantitative estimate of drug-likeness (QED) is 0.756. The Morgan fingerprint density at radius 3 is 2.71 bits per heavy atom. The summed E-state index contributed by atoms with van der Waals surface area (Å²) in [6.07, 6.45) is 3.62. The zero-order chi connectivity index (χ0) is 15.8. The highest BCUT2D eigenvalue weighted by molar-refractivity contribution is 5.94. The van der Waals surface area contributed by atoms with E-state index in [1.807, 2.05) is 19.1 Å². The zero-order valence-corrected chi connectivity index (χ0v) is 12.5. The molecule has 1 rings (SSSR count). The van der Waals surface area contributed by atoms with E-state index < -0.39 is 17.9 Å². The summed E-state index contributed by atoms with van der Waals surface area (Å²) in [6.45, 7) is 3.68. The lowest BCUT2D eigenvalue weighted by Crippen LogP contribution is -2.44. The predicted molar refractivity (Wildman–Crippen MR) is 81.0 cm³/mol. The molecule has 0 aliphatic carbocycles. The number of aliphatic carboxylic acids is 1. The minimum Gasteiger partial charge on any atom is -0.497 e. The second kappa shape index (κ2) is 8.09. The van der Waals surface area contributed by atoms with Gasteiger partial charge in [0.05, 0.1) is 7.11 Å². The summed E-state index contributed by atoms with van der Waals surface area (Å²) >= 11 is 0. The summed E-state index contributed by atoms with van der Waals surface area (Å²) in [5, 5.41) is 11.6. The summed E-state index contributed by atoms with van der Waals surface area (Å²) in [5.41, 5.74) is 0.805. The van der Waals surface area contributed by atoms with Crippen molar-refractivity contribution in [3.8, 4) is 5.75 Å². The Morgan fingerprint density at radius 2 is 2.14 bits per heavy atom. The Morgan fingerprint density at radius 1 is 1.43 bits per heavy atom. The number of carboxylic acids is 1. The first kappa shape index (κ1) is 16.8. The Hall–Kier alpha value is -2.30. The average Bonchev–Trinajstić information content (AvgIpc) is 2.49. The molecule has 0 saturated heterocycles. The summed E-state index contributed by atoms with van der Waals surface area (Å²) in [7, 11) is 1.57. The van der Waals surface area contributed by atoms with Gasteiger partial charge in [-0.05, 0) is 29.7 Å². The smallest absolute Gasteiger partial charge is 0.326 e. The fraction of sp³-hybridized carbons (Fsp3) is 0.375. The fourth-order valence-corrected chi connectivity index (χ4v) is 1.80. The molecule has 0 aliphatic rings. The van der Waals surface area contributed by atoms with Gasteiger partial charge in [0, 0.05) is 6.08 Å². The van der Waals surface area contributed by atoms with Crippen molar-refractivity contribution in [2.45, 2.75) is 26.3 Å². The number of ether oxygens (including phenoxy) is 1. The number of hydrogen-bond donors (Lipinski definition) is 2. The molecule has 2 N–H and O–H groups in total. The second-order valence-electron chi connectivity index (χ2n) is 4.82. The molecule has 5 heteroatoms. The average molecular weight is 291 g/mol. The van der Waals surface area contributed by atoms with Crippen LogP contribution in [0.4, 0.5) is 0 Å². The van der Waals surface area contributed by atoms with Crippen LogP contribution >= 0.6 is 0 Å². The van der Waals surface area contributed by atoms with E-state index >= 15 is 0 Å². The Bertz CT molecular complexity index is 525. The van der Waals surface area contributed by atoms with Gasteiger partial charge in [0.2, 0.25) is 5.91 Å². The van der Waals surface area contributed by atoms with E-state index in [1.54, 1.807) is 32.2 Å². The van der Waals surface area contributed by atoms with Crippen molar-refractivity contribution in [3.05, 3.63) is 35.9 Å². The summed E-state index contributed by atoms with van der Waals surface area (Å²) < 4.78 is 5.09. The molecule has 21 heavy (non-hydrogen) atoms. The zero-order valence-electron chi connectivity index (χ0n) is 12.5. The van der Waals surface area contributed by atoms with Gasteiger partial charge in [0.1, 0.15) is 11.8 Å². The molecule has 0 fully saturated rings. The Labute approximate surface area is 124 Å². The molecule has 0 spiro atoms. The summed E-state index contributed by atoms with van der Waals surface area (Å²) in [5.74, 6) is -0.879. The number of carbonyl (C=O) groups is 2. The molecule has 114 valence electrons. The van der Waals surface area contributed by atoms with E-state index in [0.29, 0.717) is 12.2 Å². The maximum atomic E-state index is 11.8. The Balaban J connectivity index is 2.71. The van der Waals surface area contributed by atoms with Gasteiger partial charge in [-0.25, -0.2) is 4.79 Å². The molecule has 1 aromatic carbocycles. The van der Waals surface area contributed by atoms with Crippen LogP contribution in [0.1, 0.15) is 25.8 Å². The van der Waals surface area contributed by atoms with Crippen molar-refractivity contribution >= 4 is 18.0 Å². The largest absolute Gasteiger partial charge is 0.497 e. The van der Waals surface area contributed by atoms with Crippen molar-refractivity contribution < 1.29 is 19.4 Å². The van der Waals surface area contributed by atoms with Crippen molar-refractivity contribution in [2.75, 3.05) is 7.11 Å². The van der Waals surface area contributed by atoms with Crippen LogP contribution in [0, 0.1) is 5.92 Å². The molecular formula is C16H21NO4. The third kappa shape index (κ3) is 5.30. The van der Waals surface area contributed by atoms with Gasteiger partial charge < -0.3 is 15.2 Å². The van der Waals surface area contributed by atoms with Gasteiger partial charge in [0.15, 0.2) is 0 Å². The highest BCUT2D eigenvalue weighted by Crippen LogP contribution is 2.13. The second-order valence-corrected chi connectivity index (χ2v) is 4.82. The van der Waals surface area contributed by atoms with Gasteiger partial charge in [-0.3, -0.25) is 4.79 Å². The SMILES string of the molecule is CCC(C)[C@H](NC(=O)C=Cc1cccc(OC)c1)C(=O)O. The van der Waals surface area contributed by atoms with Crippen molar-refractivity contribution in [2.24, 2.45) is 5.92 Å². The lowest BCUT2D eigenvalue weighted by molar-refractivity contribution is -0.142. The highest BCUT2D eigenvalue weighted by atomic mass is 16.5. The third-order valence-electron chi connectivity index (χ3n) is 3.30. The molecule has 0 bridgehead atoms. The maximum absolute atomic E-state index is 11.8. The van der Waals surface area contributed by atoms with Crippen LogP contribution in [0.25, 0.3) is 6.08 Å². The van der Waals surface area contributed by atoms with Crippen molar-refractivity contribution in [3.63, 3.8) is 0 Å².